The van der Waals surface area contributed by atoms with Crippen molar-refractivity contribution in [1.29, 1.82) is 0 Å². The molecule has 0 aromatic heterocycles. The Morgan fingerprint density at radius 3 is 2.52 bits per heavy atom. The zero-order valence-electron chi connectivity index (χ0n) is 13.3. The SMILES string of the molecule is COC(=O)[C@H]1C(OC(=O)c2ccccc2)C[C@@H]2CC[C@H]1N2C.Cl. The zero-order chi connectivity index (χ0) is 15.7. The molecule has 2 aliphatic heterocycles. The minimum Gasteiger partial charge on any atom is -0.469 e. The lowest BCUT2D eigenvalue weighted by Gasteiger charge is -2.40. The van der Waals surface area contributed by atoms with Gasteiger partial charge in [-0.05, 0) is 32.0 Å². The fourth-order valence-electron chi connectivity index (χ4n) is 3.77. The lowest BCUT2D eigenvalue weighted by molar-refractivity contribution is -0.156. The number of esters is 2. The lowest BCUT2D eigenvalue weighted by atomic mass is 9.87. The number of ether oxygens (including phenoxy) is 2. The molecule has 2 heterocycles. The highest BCUT2D eigenvalue weighted by molar-refractivity contribution is 5.89. The number of hydrogen-bond acceptors (Lipinski definition) is 5. The quantitative estimate of drug-likeness (QED) is 0.791. The van der Waals surface area contributed by atoms with Gasteiger partial charge in [0, 0.05) is 18.5 Å². The van der Waals surface area contributed by atoms with E-state index in [0.717, 1.165) is 12.8 Å². The molecule has 4 atom stereocenters. The third kappa shape index (κ3) is 3.35. The van der Waals surface area contributed by atoms with Crippen LogP contribution < -0.4 is 0 Å². The van der Waals surface area contributed by atoms with E-state index in [1.54, 1.807) is 24.3 Å². The summed E-state index contributed by atoms with van der Waals surface area (Å²) in [5, 5.41) is 0. The van der Waals surface area contributed by atoms with Gasteiger partial charge in [0.15, 0.2) is 0 Å². The number of fused-ring (bicyclic) bond motifs is 2. The molecule has 0 N–H and O–H groups in total. The second-order valence-electron chi connectivity index (χ2n) is 6.06. The van der Waals surface area contributed by atoms with Crippen LogP contribution in [0.1, 0.15) is 29.6 Å². The van der Waals surface area contributed by atoms with Crippen molar-refractivity contribution in [3.8, 4) is 0 Å². The number of halogens is 1. The van der Waals surface area contributed by atoms with Crippen LogP contribution in [-0.2, 0) is 14.3 Å². The number of methoxy groups -OCH3 is 1. The first kappa shape index (κ1) is 17.8. The fraction of sp³-hybridized carbons (Fsp3) is 0.529. The summed E-state index contributed by atoms with van der Waals surface area (Å²) in [4.78, 5) is 26.7. The monoisotopic (exact) mass is 339 g/mol. The van der Waals surface area contributed by atoms with Crippen LogP contribution >= 0.6 is 12.4 Å². The largest absolute Gasteiger partial charge is 0.469 e. The van der Waals surface area contributed by atoms with E-state index in [1.807, 2.05) is 13.1 Å². The van der Waals surface area contributed by atoms with Crippen molar-refractivity contribution in [2.24, 2.45) is 5.92 Å². The van der Waals surface area contributed by atoms with E-state index in [1.165, 1.54) is 7.11 Å². The van der Waals surface area contributed by atoms with E-state index in [0.29, 0.717) is 18.0 Å². The molecule has 2 bridgehead atoms. The van der Waals surface area contributed by atoms with Crippen LogP contribution in [0.3, 0.4) is 0 Å². The molecule has 2 saturated heterocycles. The van der Waals surface area contributed by atoms with Crippen LogP contribution in [0.4, 0.5) is 0 Å². The molecule has 0 amide bonds. The smallest absolute Gasteiger partial charge is 0.338 e. The Kier molecular flexibility index (Phi) is 5.65. The molecule has 3 rings (SSSR count). The predicted molar refractivity (Wildman–Crippen MR) is 87.6 cm³/mol. The Labute approximate surface area is 142 Å². The van der Waals surface area contributed by atoms with Gasteiger partial charge in [-0.3, -0.25) is 9.69 Å². The van der Waals surface area contributed by atoms with Crippen LogP contribution in [0.5, 0.6) is 0 Å². The number of nitrogens with zero attached hydrogens (tertiary/aromatic N) is 1. The molecule has 1 aromatic carbocycles. The molecule has 126 valence electrons. The Morgan fingerprint density at radius 2 is 1.87 bits per heavy atom. The summed E-state index contributed by atoms with van der Waals surface area (Å²) < 4.78 is 10.6. The van der Waals surface area contributed by atoms with Crippen molar-refractivity contribution in [2.45, 2.75) is 37.5 Å². The van der Waals surface area contributed by atoms with E-state index in [2.05, 4.69) is 4.90 Å². The lowest BCUT2D eigenvalue weighted by Crippen LogP contribution is -2.53. The highest BCUT2D eigenvalue weighted by Gasteiger charge is 2.50. The maximum absolute atomic E-state index is 12.3. The summed E-state index contributed by atoms with van der Waals surface area (Å²) >= 11 is 0. The maximum atomic E-state index is 12.3. The second-order valence-corrected chi connectivity index (χ2v) is 6.06. The topological polar surface area (TPSA) is 55.8 Å². The molecule has 0 aliphatic carbocycles. The average Bonchev–Trinajstić information content (AvgIpc) is 2.78. The molecule has 6 heteroatoms. The van der Waals surface area contributed by atoms with E-state index in [9.17, 15) is 9.59 Å². The normalized spacial score (nSPS) is 29.5. The molecule has 1 aromatic rings. The molecule has 2 aliphatic rings. The maximum Gasteiger partial charge on any atom is 0.338 e. The Bertz CT molecular complexity index is 565. The van der Waals surface area contributed by atoms with Gasteiger partial charge in [-0.25, -0.2) is 4.79 Å². The van der Waals surface area contributed by atoms with Crippen LogP contribution in [0, 0.1) is 5.92 Å². The van der Waals surface area contributed by atoms with Gasteiger partial charge >= 0.3 is 11.9 Å². The second kappa shape index (κ2) is 7.32. The third-order valence-corrected chi connectivity index (χ3v) is 4.96. The molecule has 0 radical (unpaired) electrons. The number of carbonyl (C=O) groups excluding carboxylic acids is 2. The van der Waals surface area contributed by atoms with Gasteiger partial charge < -0.3 is 9.47 Å². The molecule has 0 spiro atoms. The minimum atomic E-state index is -0.408. The number of piperidine rings is 1. The Balaban J connectivity index is 0.00000192. The number of benzene rings is 1. The molecule has 0 saturated carbocycles. The summed E-state index contributed by atoms with van der Waals surface area (Å²) in [6.07, 6.45) is 2.26. The standard InChI is InChI=1S/C17H21NO4.ClH/c1-18-12-8-9-13(18)15(17(20)21-2)14(10-12)22-16(19)11-6-4-3-5-7-11;/h3-7,12-15H,8-10H2,1-2H3;1H/t12-,13+,14?,15+;/m0./s1. The number of rotatable bonds is 3. The summed E-state index contributed by atoms with van der Waals surface area (Å²) in [5.41, 5.74) is 0.511. The molecule has 5 nitrogen and oxygen atoms in total. The molecule has 23 heavy (non-hydrogen) atoms. The van der Waals surface area contributed by atoms with Crippen LogP contribution in [0.2, 0.25) is 0 Å². The van der Waals surface area contributed by atoms with Crippen molar-refractivity contribution >= 4 is 24.3 Å². The van der Waals surface area contributed by atoms with Crippen molar-refractivity contribution < 1.29 is 19.1 Å². The first-order valence-electron chi connectivity index (χ1n) is 7.67. The van der Waals surface area contributed by atoms with Gasteiger partial charge in [0.1, 0.15) is 12.0 Å². The van der Waals surface area contributed by atoms with Crippen molar-refractivity contribution in [3.05, 3.63) is 35.9 Å². The Morgan fingerprint density at radius 1 is 1.17 bits per heavy atom. The van der Waals surface area contributed by atoms with Gasteiger partial charge in [0.2, 0.25) is 0 Å². The number of hydrogen-bond donors (Lipinski definition) is 0. The van der Waals surface area contributed by atoms with Gasteiger partial charge in [0.05, 0.1) is 12.7 Å². The molecular formula is C17H22ClNO4. The number of carbonyl (C=O) groups is 2. The fourth-order valence-corrected chi connectivity index (χ4v) is 3.77. The van der Waals surface area contributed by atoms with E-state index in [-0.39, 0.29) is 30.4 Å². The third-order valence-electron chi connectivity index (χ3n) is 4.96. The van der Waals surface area contributed by atoms with Crippen molar-refractivity contribution in [1.82, 2.24) is 4.90 Å². The summed E-state index contributed by atoms with van der Waals surface area (Å²) in [5.74, 6) is -1.06. The Hall–Kier alpha value is -1.59. The average molecular weight is 340 g/mol. The van der Waals surface area contributed by atoms with Gasteiger partial charge in [-0.2, -0.15) is 0 Å². The van der Waals surface area contributed by atoms with Gasteiger partial charge in [0.25, 0.3) is 0 Å². The first-order valence-corrected chi connectivity index (χ1v) is 7.67. The van der Waals surface area contributed by atoms with Crippen LogP contribution in [0.25, 0.3) is 0 Å². The van der Waals surface area contributed by atoms with E-state index < -0.39 is 12.0 Å². The summed E-state index contributed by atoms with van der Waals surface area (Å²) in [7, 11) is 3.42. The van der Waals surface area contributed by atoms with Gasteiger partial charge in [-0.1, -0.05) is 18.2 Å². The van der Waals surface area contributed by atoms with Crippen LogP contribution in [-0.4, -0.2) is 49.2 Å². The molecule has 1 unspecified atom stereocenters. The zero-order valence-corrected chi connectivity index (χ0v) is 14.1. The van der Waals surface area contributed by atoms with Gasteiger partial charge in [-0.15, -0.1) is 12.4 Å². The highest BCUT2D eigenvalue weighted by Crippen LogP contribution is 2.40. The van der Waals surface area contributed by atoms with Crippen LogP contribution in [0.15, 0.2) is 30.3 Å². The van der Waals surface area contributed by atoms with E-state index in [4.69, 9.17) is 9.47 Å². The predicted octanol–water partition coefficient (Wildman–Crippen LogP) is 2.29. The first-order chi connectivity index (χ1) is 10.6. The van der Waals surface area contributed by atoms with E-state index >= 15 is 0 Å². The minimum absolute atomic E-state index is 0. The molecular weight excluding hydrogens is 318 g/mol. The van der Waals surface area contributed by atoms with Crippen molar-refractivity contribution in [2.75, 3.05) is 14.2 Å². The van der Waals surface area contributed by atoms with Crippen molar-refractivity contribution in [3.63, 3.8) is 0 Å². The highest BCUT2D eigenvalue weighted by atomic mass is 35.5. The summed E-state index contributed by atoms with van der Waals surface area (Å²) in [6.45, 7) is 0. The molecule has 2 fully saturated rings. The summed E-state index contributed by atoms with van der Waals surface area (Å²) in [6, 6.07) is 9.36.